The first kappa shape index (κ1) is 22.3. The van der Waals surface area contributed by atoms with Crippen LogP contribution in [0.2, 0.25) is 0 Å². The average Bonchev–Trinajstić information content (AvgIpc) is 2.99. The third kappa shape index (κ3) is 3.54. The second-order valence-electron chi connectivity index (χ2n) is 13.9. The second-order valence-corrected chi connectivity index (χ2v) is 13.9. The van der Waals surface area contributed by atoms with Gasteiger partial charge in [-0.3, -0.25) is 4.79 Å². The van der Waals surface area contributed by atoms with Crippen LogP contribution in [-0.4, -0.2) is 64.6 Å². The van der Waals surface area contributed by atoms with E-state index < -0.39 is 5.60 Å². The van der Waals surface area contributed by atoms with Gasteiger partial charge in [-0.2, -0.15) is 0 Å². The number of carbonyl (C=O) groups is 1. The van der Waals surface area contributed by atoms with Crippen molar-refractivity contribution in [2.75, 3.05) is 26.2 Å². The molecular formula is C27H46N2O2. The highest BCUT2D eigenvalue weighted by Crippen LogP contribution is 2.66. The molecule has 31 heavy (non-hydrogen) atoms. The Kier molecular flexibility index (Phi) is 5.07. The summed E-state index contributed by atoms with van der Waals surface area (Å²) in [6, 6.07) is 1.58. The van der Waals surface area contributed by atoms with E-state index in [0.717, 1.165) is 37.8 Å². The summed E-state index contributed by atoms with van der Waals surface area (Å²) < 4.78 is 0. The van der Waals surface area contributed by atoms with E-state index in [1.807, 2.05) is 6.92 Å². The molecule has 4 nitrogen and oxygen atoms in total. The molecule has 2 heterocycles. The molecule has 6 rings (SSSR count). The lowest BCUT2D eigenvalue weighted by atomic mass is 9.71. The van der Waals surface area contributed by atoms with Crippen molar-refractivity contribution in [1.82, 2.24) is 9.80 Å². The Balaban J connectivity index is 0.000000132. The molecule has 0 amide bonds. The molecule has 4 heteroatoms. The predicted molar refractivity (Wildman–Crippen MR) is 125 cm³/mol. The number of nitrogens with zero attached hydrogens (tertiary/aromatic N) is 2. The van der Waals surface area contributed by atoms with Crippen LogP contribution in [0.1, 0.15) is 98.8 Å². The predicted octanol–water partition coefficient (Wildman–Crippen LogP) is 4.64. The van der Waals surface area contributed by atoms with Gasteiger partial charge in [-0.25, -0.2) is 0 Å². The summed E-state index contributed by atoms with van der Waals surface area (Å²) in [5.41, 5.74) is 0.950. The molecule has 0 aromatic heterocycles. The van der Waals surface area contributed by atoms with Gasteiger partial charge in [-0.05, 0) is 106 Å². The molecule has 4 aliphatic carbocycles. The summed E-state index contributed by atoms with van der Waals surface area (Å²) in [4.78, 5) is 16.9. The average molecular weight is 431 g/mol. The fourth-order valence-corrected chi connectivity index (χ4v) is 8.96. The highest BCUT2D eigenvalue weighted by Gasteiger charge is 2.62. The number of aliphatic hydroxyl groups is 1. The molecule has 0 aromatic carbocycles. The quantitative estimate of drug-likeness (QED) is 0.693. The SMILES string of the molecule is CC1(O)CC2(C)CC(N3CCC3)CC2(C)C1.CC12CC(=O)CC1(C)CC(N1CCC1)C2. The largest absolute Gasteiger partial charge is 0.390 e. The topological polar surface area (TPSA) is 43.8 Å². The van der Waals surface area contributed by atoms with Gasteiger partial charge < -0.3 is 14.9 Å². The van der Waals surface area contributed by atoms with Crippen molar-refractivity contribution >= 4 is 5.78 Å². The van der Waals surface area contributed by atoms with Gasteiger partial charge in [-0.1, -0.05) is 27.7 Å². The van der Waals surface area contributed by atoms with Gasteiger partial charge in [-0.15, -0.1) is 0 Å². The Labute approximate surface area is 190 Å². The molecule has 2 saturated heterocycles. The number of rotatable bonds is 2. The van der Waals surface area contributed by atoms with Crippen molar-refractivity contribution in [2.24, 2.45) is 21.7 Å². The first-order valence-corrected chi connectivity index (χ1v) is 13.1. The number of ketones is 1. The van der Waals surface area contributed by atoms with Crippen LogP contribution < -0.4 is 0 Å². The molecular weight excluding hydrogens is 384 g/mol. The number of carbonyl (C=O) groups excluding carboxylic acids is 1. The minimum Gasteiger partial charge on any atom is -0.390 e. The summed E-state index contributed by atoms with van der Waals surface area (Å²) in [6.07, 6.45) is 11.6. The Morgan fingerprint density at radius 3 is 1.35 bits per heavy atom. The molecule has 4 atom stereocenters. The molecule has 0 spiro atoms. The number of hydrogen-bond donors (Lipinski definition) is 1. The van der Waals surface area contributed by atoms with Crippen molar-refractivity contribution in [2.45, 2.75) is 117 Å². The summed E-state index contributed by atoms with van der Waals surface area (Å²) in [6.45, 7) is 16.8. The normalized spacial score (nSPS) is 54.1. The van der Waals surface area contributed by atoms with Crippen LogP contribution in [0.15, 0.2) is 0 Å². The van der Waals surface area contributed by atoms with E-state index in [9.17, 15) is 9.90 Å². The monoisotopic (exact) mass is 430 g/mol. The van der Waals surface area contributed by atoms with E-state index in [0.29, 0.717) is 27.4 Å². The molecule has 176 valence electrons. The second kappa shape index (κ2) is 7.03. The number of hydrogen-bond acceptors (Lipinski definition) is 4. The van der Waals surface area contributed by atoms with E-state index in [1.165, 1.54) is 64.7 Å². The first-order chi connectivity index (χ1) is 14.4. The van der Waals surface area contributed by atoms with E-state index >= 15 is 0 Å². The van der Waals surface area contributed by atoms with Crippen LogP contribution in [0.25, 0.3) is 0 Å². The van der Waals surface area contributed by atoms with E-state index in [1.54, 1.807) is 0 Å². The standard InChI is InChI=1S/C14H25NO.C13H21NO/c1-12-7-11(15-5-4-6-15)8-13(12,2)10-14(3,16)9-12;1-12-6-10(14-4-3-5-14)7-13(12,2)9-11(15)8-12/h11,16H,4-10H2,1-3H3;10H,3-9H2,1-2H3. The lowest BCUT2D eigenvalue weighted by Gasteiger charge is -2.38. The summed E-state index contributed by atoms with van der Waals surface area (Å²) >= 11 is 0. The summed E-state index contributed by atoms with van der Waals surface area (Å²) in [5, 5.41) is 10.3. The fraction of sp³-hybridized carbons (Fsp3) is 0.963. The summed E-state index contributed by atoms with van der Waals surface area (Å²) in [7, 11) is 0. The van der Waals surface area contributed by atoms with E-state index in [2.05, 4.69) is 37.5 Å². The number of Topliss-reactive ketones (excluding diaryl/α,β-unsaturated/α-hetero) is 1. The lowest BCUT2D eigenvalue weighted by molar-refractivity contribution is -0.118. The van der Waals surface area contributed by atoms with Gasteiger partial charge in [0.05, 0.1) is 5.60 Å². The Morgan fingerprint density at radius 2 is 1.03 bits per heavy atom. The van der Waals surface area contributed by atoms with E-state index in [-0.39, 0.29) is 0 Å². The smallest absolute Gasteiger partial charge is 0.134 e. The van der Waals surface area contributed by atoms with Crippen LogP contribution in [0, 0.1) is 21.7 Å². The third-order valence-corrected chi connectivity index (χ3v) is 11.2. The molecule has 0 aromatic rings. The van der Waals surface area contributed by atoms with Gasteiger partial charge in [0.25, 0.3) is 0 Å². The molecule has 1 N–H and O–H groups in total. The van der Waals surface area contributed by atoms with Crippen LogP contribution in [0.5, 0.6) is 0 Å². The maximum Gasteiger partial charge on any atom is 0.134 e. The van der Waals surface area contributed by atoms with Gasteiger partial charge in [0.1, 0.15) is 5.78 Å². The molecule has 4 saturated carbocycles. The zero-order valence-electron chi connectivity index (χ0n) is 20.8. The van der Waals surface area contributed by atoms with Crippen molar-refractivity contribution in [3.05, 3.63) is 0 Å². The Morgan fingerprint density at radius 1 is 0.677 bits per heavy atom. The van der Waals surface area contributed by atoms with Gasteiger partial charge in [0.15, 0.2) is 0 Å². The highest BCUT2D eigenvalue weighted by atomic mass is 16.3. The Hall–Kier alpha value is -0.450. The van der Waals surface area contributed by atoms with Crippen LogP contribution in [-0.2, 0) is 4.79 Å². The molecule has 0 bridgehead atoms. The van der Waals surface area contributed by atoms with Crippen molar-refractivity contribution in [3.63, 3.8) is 0 Å². The minimum absolute atomic E-state index is 0.310. The highest BCUT2D eigenvalue weighted by molar-refractivity contribution is 5.83. The summed E-state index contributed by atoms with van der Waals surface area (Å²) in [5.74, 6) is 0.502. The third-order valence-electron chi connectivity index (χ3n) is 11.2. The van der Waals surface area contributed by atoms with Crippen molar-refractivity contribution < 1.29 is 9.90 Å². The van der Waals surface area contributed by atoms with Gasteiger partial charge in [0.2, 0.25) is 0 Å². The van der Waals surface area contributed by atoms with Crippen LogP contribution >= 0.6 is 0 Å². The fourth-order valence-electron chi connectivity index (χ4n) is 8.96. The molecule has 6 aliphatic rings. The van der Waals surface area contributed by atoms with Crippen molar-refractivity contribution in [1.29, 1.82) is 0 Å². The zero-order chi connectivity index (χ0) is 22.3. The molecule has 6 fully saturated rings. The molecule has 0 radical (unpaired) electrons. The van der Waals surface area contributed by atoms with Crippen molar-refractivity contribution in [3.8, 4) is 0 Å². The number of likely N-dealkylation sites (tertiary alicyclic amines) is 2. The lowest BCUT2D eigenvalue weighted by Crippen LogP contribution is -2.44. The molecule has 2 aliphatic heterocycles. The van der Waals surface area contributed by atoms with E-state index in [4.69, 9.17) is 0 Å². The van der Waals surface area contributed by atoms with Crippen LogP contribution in [0.3, 0.4) is 0 Å². The maximum absolute atomic E-state index is 11.6. The van der Waals surface area contributed by atoms with Crippen LogP contribution in [0.4, 0.5) is 0 Å². The zero-order valence-corrected chi connectivity index (χ0v) is 20.8. The minimum atomic E-state index is -0.413. The number of fused-ring (bicyclic) bond motifs is 2. The molecule has 4 unspecified atom stereocenters. The van der Waals surface area contributed by atoms with Gasteiger partial charge >= 0.3 is 0 Å². The maximum atomic E-state index is 11.6. The Bertz CT molecular complexity index is 700. The first-order valence-electron chi connectivity index (χ1n) is 13.1. The van der Waals surface area contributed by atoms with Gasteiger partial charge in [0, 0.05) is 24.9 Å².